The Labute approximate surface area is 282 Å². The summed E-state index contributed by atoms with van der Waals surface area (Å²) in [5.41, 5.74) is -1.79. The number of nitrogens with zero attached hydrogens (tertiary/aromatic N) is 3. The molecule has 2 N–H and O–H groups in total. The van der Waals surface area contributed by atoms with Gasteiger partial charge in [-0.2, -0.15) is 13.2 Å². The summed E-state index contributed by atoms with van der Waals surface area (Å²) in [6, 6.07) is 13.9. The van der Waals surface area contributed by atoms with Crippen molar-refractivity contribution >= 4 is 5.97 Å². The first-order chi connectivity index (χ1) is 23.9. The Kier molecular flexibility index (Phi) is 10.1. The number of carboxylic acids is 1. The summed E-state index contributed by atoms with van der Waals surface area (Å²) in [6.07, 6.45) is -3.90. The fraction of sp³-hybridized carbons (Fsp3) is 0.400. The van der Waals surface area contributed by atoms with Crippen molar-refractivity contribution in [1.29, 1.82) is 0 Å². The smallest absolute Gasteiger partial charge is 0.449 e. The second kappa shape index (κ2) is 14.3. The van der Waals surface area contributed by atoms with Crippen LogP contribution in [0.5, 0.6) is 0 Å². The number of carbonyl (C=O) groups is 1. The van der Waals surface area contributed by atoms with E-state index >= 15 is 0 Å². The third-order valence-corrected chi connectivity index (χ3v) is 9.36. The first-order valence-electron chi connectivity index (χ1n) is 16.2. The lowest BCUT2D eigenvalue weighted by molar-refractivity contribution is -0.153. The number of aliphatic carboxylic acids is 1. The summed E-state index contributed by atoms with van der Waals surface area (Å²) in [5.74, 6) is -3.65. The van der Waals surface area contributed by atoms with Crippen LogP contribution in [0.2, 0.25) is 0 Å². The number of carboxylic acid groups (broad SMARTS) is 1. The van der Waals surface area contributed by atoms with Crippen LogP contribution >= 0.6 is 0 Å². The number of fused-ring (bicyclic) bond motifs is 2. The summed E-state index contributed by atoms with van der Waals surface area (Å²) in [6.45, 7) is 0.154. The number of benzene rings is 2. The molecular weight excluding hydrogens is 667 g/mol. The zero-order chi connectivity index (χ0) is 35.6. The molecule has 2 aliphatic rings. The summed E-state index contributed by atoms with van der Waals surface area (Å²) in [5, 5.41) is 12.3. The van der Waals surface area contributed by atoms with Gasteiger partial charge in [-0.25, -0.2) is 13.6 Å². The largest absolute Gasteiger partial charge is 0.481 e. The van der Waals surface area contributed by atoms with Crippen molar-refractivity contribution in [3.63, 3.8) is 0 Å². The fourth-order valence-corrected chi connectivity index (χ4v) is 6.77. The van der Waals surface area contributed by atoms with E-state index in [1.54, 1.807) is 30.3 Å². The number of halogens is 5. The van der Waals surface area contributed by atoms with Gasteiger partial charge in [-0.3, -0.25) is 23.6 Å². The van der Waals surface area contributed by atoms with Crippen LogP contribution in [0.1, 0.15) is 65.6 Å². The zero-order valence-electron chi connectivity index (χ0n) is 26.8. The lowest BCUT2D eigenvalue weighted by Crippen LogP contribution is -2.50. The van der Waals surface area contributed by atoms with E-state index in [0.29, 0.717) is 13.1 Å². The van der Waals surface area contributed by atoms with Gasteiger partial charge in [-0.1, -0.05) is 36.4 Å². The Balaban J connectivity index is 1.36. The van der Waals surface area contributed by atoms with Crippen LogP contribution in [-0.4, -0.2) is 44.7 Å². The van der Waals surface area contributed by atoms with Gasteiger partial charge in [0.2, 0.25) is 5.76 Å². The van der Waals surface area contributed by atoms with E-state index in [1.165, 1.54) is 16.7 Å². The van der Waals surface area contributed by atoms with E-state index in [1.807, 2.05) is 4.90 Å². The van der Waals surface area contributed by atoms with Crippen molar-refractivity contribution in [2.75, 3.05) is 19.6 Å². The normalized spacial score (nSPS) is 16.5. The van der Waals surface area contributed by atoms with Crippen molar-refractivity contribution in [2.45, 2.75) is 69.7 Å². The van der Waals surface area contributed by atoms with Crippen LogP contribution in [0.4, 0.5) is 22.0 Å². The number of ether oxygens (including phenoxy) is 1. The van der Waals surface area contributed by atoms with Crippen LogP contribution in [0.3, 0.4) is 0 Å². The zero-order valence-corrected chi connectivity index (χ0v) is 26.8. The van der Waals surface area contributed by atoms with Crippen LogP contribution in [0.25, 0.3) is 0 Å². The molecule has 4 aromatic rings. The van der Waals surface area contributed by atoms with Gasteiger partial charge in [-0.15, -0.1) is 0 Å². The standard InChI is InChI=1S/C35H35F5N4O6/c36-25-8-4-9-26(37)24(25)19-43-28-21-49-34(13-16-42(17-14-34)18-23-11-12-29(50-23)35(38,39)40)31(28)32(47)44(33(43)48)20-27(22-6-2-1-3-7-22)41-15-5-10-30(45)46/h1-4,6-9,11-12,27,41H,5,10,13-21H2,(H,45,46). The summed E-state index contributed by atoms with van der Waals surface area (Å²) in [7, 11) is 0. The average Bonchev–Trinajstić information content (AvgIpc) is 3.70. The molecule has 50 heavy (non-hydrogen) atoms. The maximum atomic E-state index is 14.9. The van der Waals surface area contributed by atoms with Crippen LogP contribution in [0.15, 0.2) is 74.7 Å². The van der Waals surface area contributed by atoms with Gasteiger partial charge in [0.25, 0.3) is 5.56 Å². The van der Waals surface area contributed by atoms with E-state index < -0.39 is 59.0 Å². The highest BCUT2D eigenvalue weighted by Crippen LogP contribution is 2.43. The molecule has 15 heteroatoms. The number of hydrogen-bond donors (Lipinski definition) is 2. The van der Waals surface area contributed by atoms with Crippen molar-refractivity contribution in [3.8, 4) is 0 Å². The highest BCUT2D eigenvalue weighted by atomic mass is 19.4. The number of furan rings is 1. The van der Waals surface area contributed by atoms with E-state index in [2.05, 4.69) is 5.32 Å². The van der Waals surface area contributed by atoms with Crippen molar-refractivity contribution < 1.29 is 41.0 Å². The molecule has 1 unspecified atom stereocenters. The minimum absolute atomic E-state index is 0.0887. The van der Waals surface area contributed by atoms with Crippen molar-refractivity contribution in [3.05, 3.63) is 127 Å². The lowest BCUT2D eigenvalue weighted by Gasteiger charge is -2.38. The predicted octanol–water partition coefficient (Wildman–Crippen LogP) is 5.17. The molecule has 0 radical (unpaired) electrons. The molecule has 1 fully saturated rings. The summed E-state index contributed by atoms with van der Waals surface area (Å²) in [4.78, 5) is 41.6. The summed E-state index contributed by atoms with van der Waals surface area (Å²) < 4.78 is 82.5. The Bertz CT molecular complexity index is 1940. The van der Waals surface area contributed by atoms with E-state index in [9.17, 15) is 36.3 Å². The summed E-state index contributed by atoms with van der Waals surface area (Å²) >= 11 is 0. The maximum absolute atomic E-state index is 14.9. The van der Waals surface area contributed by atoms with E-state index in [4.69, 9.17) is 14.3 Å². The first-order valence-corrected chi connectivity index (χ1v) is 16.2. The third kappa shape index (κ3) is 7.30. The lowest BCUT2D eigenvalue weighted by atomic mass is 9.85. The van der Waals surface area contributed by atoms with Gasteiger partial charge >= 0.3 is 17.8 Å². The predicted molar refractivity (Wildman–Crippen MR) is 169 cm³/mol. The molecule has 0 bridgehead atoms. The topological polar surface area (TPSA) is 119 Å². The van der Waals surface area contributed by atoms with Crippen LogP contribution in [-0.2, 0) is 47.5 Å². The molecule has 2 aromatic heterocycles. The third-order valence-electron chi connectivity index (χ3n) is 9.36. The highest BCUT2D eigenvalue weighted by Gasteiger charge is 2.47. The second-order valence-electron chi connectivity index (χ2n) is 12.5. The number of alkyl halides is 3. The molecule has 2 aliphatic heterocycles. The minimum atomic E-state index is -4.61. The number of likely N-dealkylation sites (tertiary alicyclic amines) is 1. The number of nitrogens with one attached hydrogen (secondary N) is 1. The molecule has 4 heterocycles. The van der Waals surface area contributed by atoms with E-state index in [-0.39, 0.29) is 74.5 Å². The minimum Gasteiger partial charge on any atom is -0.481 e. The number of aromatic nitrogens is 2. The van der Waals surface area contributed by atoms with Gasteiger partial charge in [0.05, 0.1) is 43.5 Å². The Morgan fingerprint density at radius 1 is 0.940 bits per heavy atom. The van der Waals surface area contributed by atoms with Gasteiger partial charge in [-0.05, 0) is 55.6 Å². The molecule has 266 valence electrons. The van der Waals surface area contributed by atoms with Gasteiger partial charge in [0.15, 0.2) is 0 Å². The van der Waals surface area contributed by atoms with Crippen molar-refractivity contribution in [2.24, 2.45) is 0 Å². The Morgan fingerprint density at radius 2 is 1.64 bits per heavy atom. The van der Waals surface area contributed by atoms with Gasteiger partial charge < -0.3 is 19.6 Å². The molecule has 0 aliphatic carbocycles. The number of rotatable bonds is 12. The molecule has 6 rings (SSSR count). The van der Waals surface area contributed by atoms with Gasteiger partial charge in [0.1, 0.15) is 23.0 Å². The molecule has 1 spiro atoms. The average molecular weight is 703 g/mol. The Hall–Kier alpha value is -4.60. The number of hydrogen-bond acceptors (Lipinski definition) is 7. The van der Waals surface area contributed by atoms with E-state index in [0.717, 1.165) is 28.3 Å². The quantitative estimate of drug-likeness (QED) is 0.154. The Morgan fingerprint density at radius 3 is 2.28 bits per heavy atom. The molecule has 2 aromatic carbocycles. The molecule has 1 atom stereocenters. The molecule has 1 saturated heterocycles. The maximum Gasteiger partial charge on any atom is 0.449 e. The fourth-order valence-electron chi connectivity index (χ4n) is 6.77. The molecular formula is C35H35F5N4O6. The monoisotopic (exact) mass is 702 g/mol. The number of piperidine rings is 1. The van der Waals surface area contributed by atoms with Crippen LogP contribution < -0.4 is 16.6 Å². The molecule has 0 amide bonds. The first kappa shape index (κ1) is 35.2. The highest BCUT2D eigenvalue weighted by molar-refractivity contribution is 5.66. The van der Waals surface area contributed by atoms with Gasteiger partial charge in [0, 0.05) is 25.1 Å². The van der Waals surface area contributed by atoms with Crippen LogP contribution in [0, 0.1) is 11.6 Å². The second-order valence-corrected chi connectivity index (χ2v) is 12.5. The SMILES string of the molecule is O=C(O)CCCNC(Cn1c(=O)c2c(n(Cc3c(F)cccc3F)c1=O)COC21CCN(Cc2ccc(C(F)(F)F)o2)CC1)c1ccccc1. The molecule has 10 nitrogen and oxygen atoms in total. The molecule has 0 saturated carbocycles. The van der Waals surface area contributed by atoms with Crippen molar-refractivity contribution in [1.82, 2.24) is 19.4 Å².